The summed E-state index contributed by atoms with van der Waals surface area (Å²) in [6.07, 6.45) is 19.2. The number of rotatable bonds is 12. The molecule has 4 aromatic carbocycles. The van der Waals surface area contributed by atoms with Crippen LogP contribution in [0.1, 0.15) is 83.7 Å². The Balaban J connectivity index is 1.47. The van der Waals surface area contributed by atoms with Crippen molar-refractivity contribution in [1.29, 1.82) is 0 Å². The number of hydrogen-bond acceptors (Lipinski definition) is 1. The fourth-order valence-electron chi connectivity index (χ4n) is 6.03. The van der Waals surface area contributed by atoms with Crippen molar-refractivity contribution in [3.05, 3.63) is 209 Å². The van der Waals surface area contributed by atoms with Gasteiger partial charge in [0, 0.05) is 11.3 Å². The van der Waals surface area contributed by atoms with Crippen molar-refractivity contribution in [1.82, 2.24) is 0 Å². The number of hydrogen-bond donors (Lipinski definition) is 0. The summed E-state index contributed by atoms with van der Waals surface area (Å²) in [5.41, 5.74) is 16.8. The minimum absolute atomic E-state index is 0.343. The molecule has 0 spiro atoms. The highest BCUT2D eigenvalue weighted by molar-refractivity contribution is 6.02. The Labute approximate surface area is 300 Å². The maximum Gasteiger partial charge on any atom is 0.0711 e. The van der Waals surface area contributed by atoms with Gasteiger partial charge in [0.15, 0.2) is 0 Å². The molecule has 0 aromatic heterocycles. The van der Waals surface area contributed by atoms with Crippen LogP contribution >= 0.6 is 0 Å². The zero-order valence-corrected chi connectivity index (χ0v) is 30.3. The summed E-state index contributed by atoms with van der Waals surface area (Å²) in [7, 11) is 0. The lowest BCUT2D eigenvalue weighted by atomic mass is 9.87. The van der Waals surface area contributed by atoms with Gasteiger partial charge in [-0.3, -0.25) is 4.99 Å². The highest BCUT2D eigenvalue weighted by Gasteiger charge is 2.14. The van der Waals surface area contributed by atoms with E-state index >= 15 is 0 Å². The molecule has 0 amide bonds. The summed E-state index contributed by atoms with van der Waals surface area (Å²) in [6.45, 7) is 23.6. The van der Waals surface area contributed by atoms with Crippen molar-refractivity contribution in [2.24, 2.45) is 10.9 Å². The fourth-order valence-corrected chi connectivity index (χ4v) is 6.03. The maximum atomic E-state index is 5.16. The van der Waals surface area contributed by atoms with Crippen LogP contribution in [-0.2, 0) is 0 Å². The molecule has 1 nitrogen and oxygen atoms in total. The molecule has 0 unspecified atom stereocenters. The molecule has 0 radical (unpaired) electrons. The average Bonchev–Trinajstić information content (AvgIpc) is 3.15. The second-order valence-corrected chi connectivity index (χ2v) is 13.2. The van der Waals surface area contributed by atoms with Gasteiger partial charge in [-0.2, -0.15) is 0 Å². The molecule has 250 valence electrons. The Morgan fingerprint density at radius 1 is 0.740 bits per heavy atom. The third-order valence-electron chi connectivity index (χ3n) is 9.47. The van der Waals surface area contributed by atoms with Crippen molar-refractivity contribution in [2.75, 3.05) is 0 Å². The van der Waals surface area contributed by atoms with Gasteiger partial charge in [0.05, 0.1) is 5.70 Å². The Bertz CT molecular complexity index is 2050. The summed E-state index contributed by atoms with van der Waals surface area (Å²) >= 11 is 0. The standard InChI is InChI=1S/C49H49N/c1-9-10-17-41-30-31-47(38(7)37(41)6)48(32-35(4)34(2)3)45-28-22-40(23-29-45)36(5)33-49(46-20-15-12-16-21-46)50-39(8)42-24-26-44(27-25-42)43-18-13-11-14-19-43/h9-10,12-13,15-34H,1,4-5,11,14H2,2-3,6-8H3/b17-10-,48-32-,49-33-,50-39+. The normalized spacial score (nSPS) is 13.9. The molecular weight excluding hydrogens is 603 g/mol. The van der Waals surface area contributed by atoms with Gasteiger partial charge < -0.3 is 0 Å². The predicted octanol–water partition coefficient (Wildman–Crippen LogP) is 13.4. The van der Waals surface area contributed by atoms with Gasteiger partial charge in [-0.15, -0.1) is 0 Å². The van der Waals surface area contributed by atoms with Crippen LogP contribution in [0.2, 0.25) is 0 Å². The van der Waals surface area contributed by atoms with E-state index in [4.69, 9.17) is 4.99 Å². The topological polar surface area (TPSA) is 12.4 Å². The third-order valence-corrected chi connectivity index (χ3v) is 9.47. The summed E-state index contributed by atoms with van der Waals surface area (Å²) in [5, 5.41) is 0. The van der Waals surface area contributed by atoms with Crippen molar-refractivity contribution in [3.8, 4) is 0 Å². The van der Waals surface area contributed by atoms with Crippen LogP contribution in [0, 0.1) is 19.8 Å². The Hall–Kier alpha value is -5.53. The minimum atomic E-state index is 0.343. The smallest absolute Gasteiger partial charge is 0.0711 e. The van der Waals surface area contributed by atoms with Crippen molar-refractivity contribution in [3.63, 3.8) is 0 Å². The molecule has 50 heavy (non-hydrogen) atoms. The van der Waals surface area contributed by atoms with Crippen molar-refractivity contribution >= 4 is 34.2 Å². The Kier molecular flexibility index (Phi) is 12.0. The second kappa shape index (κ2) is 16.7. The predicted molar refractivity (Wildman–Crippen MR) is 221 cm³/mol. The molecule has 0 atom stereocenters. The van der Waals surface area contributed by atoms with E-state index in [-0.39, 0.29) is 0 Å². The van der Waals surface area contributed by atoms with E-state index in [0.29, 0.717) is 5.92 Å². The lowest BCUT2D eigenvalue weighted by Gasteiger charge is -2.17. The van der Waals surface area contributed by atoms with Crippen molar-refractivity contribution < 1.29 is 0 Å². The van der Waals surface area contributed by atoms with Crippen LogP contribution in [-0.4, -0.2) is 5.71 Å². The van der Waals surface area contributed by atoms with Gasteiger partial charge in [0.2, 0.25) is 0 Å². The molecule has 0 saturated heterocycles. The van der Waals surface area contributed by atoms with Crippen LogP contribution in [0.15, 0.2) is 164 Å². The average molecular weight is 652 g/mol. The van der Waals surface area contributed by atoms with Crippen LogP contribution in [0.5, 0.6) is 0 Å². The molecule has 4 aromatic rings. The number of aliphatic imine (C=N–C) groups is 1. The lowest BCUT2D eigenvalue weighted by Crippen LogP contribution is -1.99. The van der Waals surface area contributed by atoms with E-state index in [9.17, 15) is 0 Å². The summed E-state index contributed by atoms with van der Waals surface area (Å²) < 4.78 is 0. The summed E-state index contributed by atoms with van der Waals surface area (Å²) in [6, 6.07) is 32.2. The SMILES string of the molecule is C=C/C=C\c1ccc(/C(=C\C(=C)C(C)C)c2ccc(C(=C)/C=C(\N=C(/C)c3ccc(C4=CCCC=C4)cc3)c3ccccc3)cc2)c(C)c1C. The molecular formula is C49H49N. The van der Waals surface area contributed by atoms with E-state index in [2.05, 4.69) is 176 Å². The van der Waals surface area contributed by atoms with E-state index in [1.165, 1.54) is 39.0 Å². The van der Waals surface area contributed by atoms with Gasteiger partial charge in [0.25, 0.3) is 0 Å². The maximum absolute atomic E-state index is 5.16. The summed E-state index contributed by atoms with van der Waals surface area (Å²) in [5.74, 6) is 0.343. The van der Waals surface area contributed by atoms with Gasteiger partial charge in [-0.25, -0.2) is 0 Å². The molecule has 1 heteroatoms. The molecule has 1 aliphatic rings. The van der Waals surface area contributed by atoms with Gasteiger partial charge in [-0.05, 0) is 107 Å². The van der Waals surface area contributed by atoms with E-state index in [1.54, 1.807) is 0 Å². The monoisotopic (exact) mass is 651 g/mol. The first-order valence-electron chi connectivity index (χ1n) is 17.6. The fraction of sp³-hybridized carbons (Fsp3) is 0.163. The van der Waals surface area contributed by atoms with Crippen molar-refractivity contribution in [2.45, 2.75) is 47.5 Å². The Morgan fingerprint density at radius 3 is 2.06 bits per heavy atom. The van der Waals surface area contributed by atoms with Crippen LogP contribution in [0.3, 0.4) is 0 Å². The first-order valence-corrected chi connectivity index (χ1v) is 17.6. The first-order chi connectivity index (χ1) is 24.2. The zero-order chi connectivity index (χ0) is 35.6. The number of benzene rings is 4. The van der Waals surface area contributed by atoms with Gasteiger partial charge in [0.1, 0.15) is 0 Å². The number of allylic oxidation sites excluding steroid dienone is 10. The Morgan fingerprint density at radius 2 is 1.42 bits per heavy atom. The van der Waals surface area contributed by atoms with Crippen LogP contribution in [0.25, 0.3) is 28.5 Å². The summed E-state index contributed by atoms with van der Waals surface area (Å²) in [4.78, 5) is 5.16. The minimum Gasteiger partial charge on any atom is -0.252 e. The van der Waals surface area contributed by atoms with E-state index in [1.807, 2.05) is 18.2 Å². The quantitative estimate of drug-likeness (QED) is 0.107. The third kappa shape index (κ3) is 8.73. The van der Waals surface area contributed by atoms with Gasteiger partial charge >= 0.3 is 0 Å². The molecule has 1 aliphatic carbocycles. The van der Waals surface area contributed by atoms with Gasteiger partial charge in [-0.1, -0.05) is 173 Å². The van der Waals surface area contributed by atoms with Crippen LogP contribution < -0.4 is 0 Å². The highest BCUT2D eigenvalue weighted by atomic mass is 14.8. The van der Waals surface area contributed by atoms with E-state index < -0.39 is 0 Å². The molecule has 0 fully saturated rings. The molecule has 0 saturated carbocycles. The molecule has 5 rings (SSSR count). The molecule has 0 N–H and O–H groups in total. The van der Waals surface area contributed by atoms with Crippen LogP contribution in [0.4, 0.5) is 0 Å². The largest absolute Gasteiger partial charge is 0.252 e. The first kappa shape index (κ1) is 35.8. The van der Waals surface area contributed by atoms with E-state index in [0.717, 1.165) is 57.7 Å². The molecule has 0 aliphatic heterocycles. The second-order valence-electron chi connectivity index (χ2n) is 13.2. The number of nitrogens with zero attached hydrogens (tertiary/aromatic N) is 1. The zero-order valence-electron chi connectivity index (χ0n) is 30.3. The highest BCUT2D eigenvalue weighted by Crippen LogP contribution is 2.33. The molecule has 0 bridgehead atoms. The lowest BCUT2D eigenvalue weighted by molar-refractivity contribution is 0.795. The molecule has 0 heterocycles.